The van der Waals surface area contributed by atoms with Crippen LogP contribution in [0, 0.1) is 24.6 Å². The van der Waals surface area contributed by atoms with Gasteiger partial charge in [0.25, 0.3) is 0 Å². The highest BCUT2D eigenvalue weighted by Gasteiger charge is 2.25. The van der Waals surface area contributed by atoms with Crippen molar-refractivity contribution in [1.29, 1.82) is 0 Å². The third kappa shape index (κ3) is 3.39. The van der Waals surface area contributed by atoms with Crippen molar-refractivity contribution in [2.75, 3.05) is 0 Å². The first kappa shape index (κ1) is 14.4. The zero-order chi connectivity index (χ0) is 13.9. The van der Waals surface area contributed by atoms with Gasteiger partial charge in [0, 0.05) is 12.0 Å². The number of ketones is 1. The molecule has 0 aromatic heterocycles. The van der Waals surface area contributed by atoms with Crippen LogP contribution >= 0.6 is 0 Å². The van der Waals surface area contributed by atoms with Crippen molar-refractivity contribution < 1.29 is 19.1 Å². The van der Waals surface area contributed by atoms with Gasteiger partial charge in [0.2, 0.25) is 0 Å². The average Bonchev–Trinajstić information content (AvgIpc) is 2.28. The fraction of sp³-hybridized carbons (Fsp3) is 0.429. The molecule has 1 atom stereocenters. The first-order chi connectivity index (χ1) is 8.32. The molecule has 0 saturated carbocycles. The highest BCUT2D eigenvalue weighted by molar-refractivity contribution is 5.98. The number of Topliss-reactive ketones (excluding diaryl/α,β-unsaturated/α-hetero) is 1. The van der Waals surface area contributed by atoms with E-state index >= 15 is 0 Å². The maximum Gasteiger partial charge on any atom is 0.307 e. The molecule has 0 radical (unpaired) electrons. The van der Waals surface area contributed by atoms with Gasteiger partial charge in [-0.2, -0.15) is 0 Å². The van der Waals surface area contributed by atoms with Crippen molar-refractivity contribution in [2.24, 2.45) is 11.8 Å². The maximum atomic E-state index is 13.1. The lowest BCUT2D eigenvalue weighted by Crippen LogP contribution is -2.23. The van der Waals surface area contributed by atoms with Crippen LogP contribution < -0.4 is 0 Å². The number of hydrogen-bond donors (Lipinski definition) is 1. The van der Waals surface area contributed by atoms with Crippen molar-refractivity contribution in [1.82, 2.24) is 0 Å². The molecule has 0 bridgehead atoms. The average molecular weight is 252 g/mol. The van der Waals surface area contributed by atoms with E-state index in [0.29, 0.717) is 11.1 Å². The molecule has 0 aliphatic rings. The van der Waals surface area contributed by atoms with Gasteiger partial charge in [-0.05, 0) is 36.6 Å². The highest BCUT2D eigenvalue weighted by atomic mass is 19.1. The number of halogens is 1. The Morgan fingerprint density at radius 3 is 2.39 bits per heavy atom. The molecule has 0 aliphatic carbocycles. The normalized spacial score (nSPS) is 12.5. The van der Waals surface area contributed by atoms with Crippen LogP contribution in [0.1, 0.15) is 36.2 Å². The Hall–Kier alpha value is -1.71. The topological polar surface area (TPSA) is 54.4 Å². The molecule has 0 amide bonds. The Morgan fingerprint density at radius 2 is 1.94 bits per heavy atom. The Bertz CT molecular complexity index is 466. The number of aliphatic carboxylic acids is 1. The smallest absolute Gasteiger partial charge is 0.307 e. The van der Waals surface area contributed by atoms with E-state index in [-0.39, 0.29) is 23.9 Å². The molecule has 4 heteroatoms. The van der Waals surface area contributed by atoms with E-state index in [1.165, 1.54) is 18.2 Å². The summed E-state index contributed by atoms with van der Waals surface area (Å²) in [7, 11) is 0. The van der Waals surface area contributed by atoms with Crippen LogP contribution in [0.2, 0.25) is 0 Å². The van der Waals surface area contributed by atoms with E-state index < -0.39 is 11.9 Å². The minimum Gasteiger partial charge on any atom is -0.481 e. The van der Waals surface area contributed by atoms with E-state index in [0.717, 1.165) is 0 Å². The van der Waals surface area contributed by atoms with Gasteiger partial charge in [-0.1, -0.05) is 13.8 Å². The zero-order valence-electron chi connectivity index (χ0n) is 10.7. The first-order valence-corrected chi connectivity index (χ1v) is 5.85. The Morgan fingerprint density at radius 1 is 1.33 bits per heavy atom. The first-order valence-electron chi connectivity index (χ1n) is 5.85. The third-order valence-corrected chi connectivity index (χ3v) is 3.01. The number of aryl methyl sites for hydroxylation is 1. The number of rotatable bonds is 5. The van der Waals surface area contributed by atoms with Gasteiger partial charge >= 0.3 is 5.97 Å². The summed E-state index contributed by atoms with van der Waals surface area (Å²) in [5, 5.41) is 9.03. The number of carboxylic acids is 1. The summed E-state index contributed by atoms with van der Waals surface area (Å²) < 4.78 is 13.1. The lowest BCUT2D eigenvalue weighted by Gasteiger charge is -2.15. The van der Waals surface area contributed by atoms with E-state index in [1.807, 2.05) is 0 Å². The van der Waals surface area contributed by atoms with E-state index in [9.17, 15) is 14.0 Å². The Balaban J connectivity index is 2.87. The summed E-state index contributed by atoms with van der Waals surface area (Å²) in [5.74, 6) is -2.43. The molecule has 18 heavy (non-hydrogen) atoms. The number of carbonyl (C=O) groups is 2. The maximum absolute atomic E-state index is 13.1. The molecule has 98 valence electrons. The lowest BCUT2D eigenvalue weighted by molar-refractivity contribution is -0.143. The van der Waals surface area contributed by atoms with Gasteiger partial charge in [-0.3, -0.25) is 9.59 Å². The predicted molar refractivity (Wildman–Crippen MR) is 66.0 cm³/mol. The molecule has 1 N–H and O–H groups in total. The van der Waals surface area contributed by atoms with Gasteiger partial charge in [-0.25, -0.2) is 4.39 Å². The predicted octanol–water partition coefficient (Wildman–Crippen LogP) is 3.06. The summed E-state index contributed by atoms with van der Waals surface area (Å²) in [6, 6.07) is 4.08. The largest absolute Gasteiger partial charge is 0.481 e. The summed E-state index contributed by atoms with van der Waals surface area (Å²) in [6.07, 6.45) is -0.0575. The van der Waals surface area contributed by atoms with Crippen LogP contribution in [0.25, 0.3) is 0 Å². The molecule has 1 aromatic rings. The SMILES string of the molecule is Cc1cc(C(=O)CC(C(=O)O)C(C)C)ccc1F. The van der Waals surface area contributed by atoms with Crippen LogP contribution in [0.3, 0.4) is 0 Å². The van der Waals surface area contributed by atoms with Crippen molar-refractivity contribution >= 4 is 11.8 Å². The van der Waals surface area contributed by atoms with Crippen LogP contribution in [0.4, 0.5) is 4.39 Å². The standard InChI is InChI=1S/C14H17FO3/c1-8(2)11(14(17)18)7-13(16)10-4-5-12(15)9(3)6-10/h4-6,8,11H,7H2,1-3H3,(H,17,18). The molecular formula is C14H17FO3. The van der Waals surface area contributed by atoms with Crippen LogP contribution in [0.15, 0.2) is 18.2 Å². The quantitative estimate of drug-likeness (QED) is 0.819. The van der Waals surface area contributed by atoms with Crippen molar-refractivity contribution in [3.05, 3.63) is 35.1 Å². The van der Waals surface area contributed by atoms with Gasteiger partial charge in [0.15, 0.2) is 5.78 Å². The number of carboxylic acid groups (broad SMARTS) is 1. The van der Waals surface area contributed by atoms with Gasteiger partial charge in [0.05, 0.1) is 5.92 Å². The van der Waals surface area contributed by atoms with Crippen molar-refractivity contribution in [3.63, 3.8) is 0 Å². The molecule has 0 saturated heterocycles. The lowest BCUT2D eigenvalue weighted by atomic mass is 9.89. The fourth-order valence-electron chi connectivity index (χ4n) is 1.74. The van der Waals surface area contributed by atoms with Crippen LogP contribution in [-0.4, -0.2) is 16.9 Å². The molecule has 1 unspecified atom stereocenters. The second kappa shape index (κ2) is 5.76. The molecule has 1 rings (SSSR count). The molecule has 3 nitrogen and oxygen atoms in total. The van der Waals surface area contributed by atoms with Crippen LogP contribution in [-0.2, 0) is 4.79 Å². The number of hydrogen-bond acceptors (Lipinski definition) is 2. The second-order valence-electron chi connectivity index (χ2n) is 4.78. The number of carbonyl (C=O) groups excluding carboxylic acids is 1. The Labute approximate surface area is 106 Å². The molecular weight excluding hydrogens is 235 g/mol. The van der Waals surface area contributed by atoms with Crippen molar-refractivity contribution in [3.8, 4) is 0 Å². The minimum atomic E-state index is -0.975. The second-order valence-corrected chi connectivity index (χ2v) is 4.78. The van der Waals surface area contributed by atoms with Gasteiger partial charge in [0.1, 0.15) is 5.82 Å². The molecule has 0 aliphatic heterocycles. The summed E-state index contributed by atoms with van der Waals surface area (Å²) in [6.45, 7) is 5.10. The molecule has 1 aromatic carbocycles. The van der Waals surface area contributed by atoms with E-state index in [4.69, 9.17) is 5.11 Å². The molecule has 0 fully saturated rings. The summed E-state index contributed by atoms with van der Waals surface area (Å²) in [4.78, 5) is 23.0. The third-order valence-electron chi connectivity index (χ3n) is 3.01. The summed E-state index contributed by atoms with van der Waals surface area (Å²) in [5.41, 5.74) is 0.748. The monoisotopic (exact) mass is 252 g/mol. The molecule has 0 heterocycles. The summed E-state index contributed by atoms with van der Waals surface area (Å²) >= 11 is 0. The highest BCUT2D eigenvalue weighted by Crippen LogP contribution is 2.19. The van der Waals surface area contributed by atoms with Crippen LogP contribution in [0.5, 0.6) is 0 Å². The number of benzene rings is 1. The molecule has 0 spiro atoms. The van der Waals surface area contributed by atoms with E-state index in [2.05, 4.69) is 0 Å². The van der Waals surface area contributed by atoms with Crippen molar-refractivity contribution in [2.45, 2.75) is 27.2 Å². The van der Waals surface area contributed by atoms with E-state index in [1.54, 1.807) is 20.8 Å². The van der Waals surface area contributed by atoms with Gasteiger partial charge < -0.3 is 5.11 Å². The van der Waals surface area contributed by atoms with Gasteiger partial charge in [-0.15, -0.1) is 0 Å². The zero-order valence-corrected chi connectivity index (χ0v) is 10.7. The Kier molecular flexibility index (Phi) is 4.59. The minimum absolute atomic E-state index is 0.0575. The fourth-order valence-corrected chi connectivity index (χ4v) is 1.74.